The van der Waals surface area contributed by atoms with E-state index < -0.39 is 26.6 Å². The van der Waals surface area contributed by atoms with E-state index in [1.807, 2.05) is 27.2 Å². The van der Waals surface area contributed by atoms with E-state index in [0.717, 1.165) is 64.2 Å². The van der Waals surface area contributed by atoms with E-state index in [0.29, 0.717) is 17.4 Å². The normalized spacial score (nSPS) is 14.8. The fourth-order valence-corrected chi connectivity index (χ4v) is 6.84. The molecule has 0 aromatic carbocycles. The molecule has 8 nitrogen and oxygen atoms in total. The number of phosphoric ester groups is 1. The zero-order valence-electron chi connectivity index (χ0n) is 36.4. The van der Waals surface area contributed by atoms with Gasteiger partial charge in [0.15, 0.2) is 0 Å². The number of aliphatic hydroxyl groups excluding tert-OH is 1. The molecule has 0 radical (unpaired) electrons. The molecule has 0 aromatic rings. The summed E-state index contributed by atoms with van der Waals surface area (Å²) in [5.41, 5.74) is 0. The lowest BCUT2D eigenvalue weighted by Crippen LogP contribution is -2.45. The minimum absolute atomic E-state index is 0.0115. The highest BCUT2D eigenvalue weighted by molar-refractivity contribution is 7.45. The standard InChI is InChI=1S/C46H87N2O6P/c1-6-8-10-12-14-16-18-20-22-24-25-27-29-31-33-35-37-39-45(49)44(43-54-55(51,52)53-42-41-48(3,4)5)47-46(50)40-38-36-34-32-30-28-26-23-21-19-17-15-13-11-9-7-2/h22-24,26,29,31,37,39,44-45,49H,6-21,25,27-28,30,32-36,38,40-43H2,1-5H3,(H-,47,50,51,52)/b24-22+,26-23-,31-29+,39-37+. The molecule has 3 unspecified atom stereocenters. The molecule has 0 saturated heterocycles. The molecule has 0 spiro atoms. The Kier molecular flexibility index (Phi) is 36.9. The first-order valence-corrected chi connectivity index (χ1v) is 24.0. The predicted octanol–water partition coefficient (Wildman–Crippen LogP) is 11.8. The van der Waals surface area contributed by atoms with Crippen LogP contribution in [-0.2, 0) is 18.4 Å². The van der Waals surface area contributed by atoms with Crippen molar-refractivity contribution >= 4 is 13.7 Å². The van der Waals surface area contributed by atoms with Crippen molar-refractivity contribution in [3.05, 3.63) is 48.6 Å². The van der Waals surface area contributed by atoms with Crippen molar-refractivity contribution in [2.24, 2.45) is 0 Å². The van der Waals surface area contributed by atoms with E-state index in [2.05, 4.69) is 55.6 Å². The van der Waals surface area contributed by atoms with E-state index >= 15 is 0 Å². The lowest BCUT2D eigenvalue weighted by Gasteiger charge is -2.29. The van der Waals surface area contributed by atoms with Crippen LogP contribution in [0.3, 0.4) is 0 Å². The molecular formula is C46H87N2O6P. The Labute approximate surface area is 339 Å². The summed E-state index contributed by atoms with van der Waals surface area (Å²) in [6, 6.07) is -0.913. The van der Waals surface area contributed by atoms with Gasteiger partial charge in [-0.3, -0.25) is 9.36 Å². The Morgan fingerprint density at radius 2 is 1.02 bits per heavy atom. The lowest BCUT2D eigenvalue weighted by atomic mass is 10.1. The smallest absolute Gasteiger partial charge is 0.268 e. The highest BCUT2D eigenvalue weighted by Gasteiger charge is 2.23. The zero-order valence-corrected chi connectivity index (χ0v) is 37.3. The number of quaternary nitrogens is 1. The van der Waals surface area contributed by atoms with Gasteiger partial charge >= 0.3 is 0 Å². The fraction of sp³-hybridized carbons (Fsp3) is 0.804. The summed E-state index contributed by atoms with van der Waals surface area (Å²) in [7, 11) is 1.22. The van der Waals surface area contributed by atoms with E-state index in [-0.39, 0.29) is 12.5 Å². The Morgan fingerprint density at radius 3 is 1.47 bits per heavy atom. The Bertz CT molecular complexity index is 1040. The number of nitrogens with one attached hydrogen (secondary N) is 1. The lowest BCUT2D eigenvalue weighted by molar-refractivity contribution is -0.870. The zero-order chi connectivity index (χ0) is 40.7. The average Bonchev–Trinajstić information content (AvgIpc) is 3.13. The van der Waals surface area contributed by atoms with Crippen LogP contribution in [0.5, 0.6) is 0 Å². The number of unbranched alkanes of at least 4 members (excludes halogenated alkanes) is 21. The number of allylic oxidation sites excluding steroid dienone is 7. The second kappa shape index (κ2) is 38.0. The molecule has 0 aliphatic heterocycles. The van der Waals surface area contributed by atoms with Crippen LogP contribution < -0.4 is 10.2 Å². The Balaban J connectivity index is 4.53. The molecular weight excluding hydrogens is 707 g/mol. The van der Waals surface area contributed by atoms with Gasteiger partial charge in [0.25, 0.3) is 7.82 Å². The van der Waals surface area contributed by atoms with Crippen LogP contribution in [0.2, 0.25) is 0 Å². The molecule has 0 bridgehead atoms. The van der Waals surface area contributed by atoms with Gasteiger partial charge in [0.2, 0.25) is 5.91 Å². The van der Waals surface area contributed by atoms with Gasteiger partial charge in [-0.15, -0.1) is 0 Å². The van der Waals surface area contributed by atoms with Crippen molar-refractivity contribution in [1.29, 1.82) is 0 Å². The number of carbonyl (C=O) groups is 1. The number of hydrogen-bond acceptors (Lipinski definition) is 6. The molecule has 0 aliphatic rings. The third-order valence-corrected chi connectivity index (χ3v) is 10.7. The first kappa shape index (κ1) is 53.5. The van der Waals surface area contributed by atoms with Crippen LogP contribution in [0.4, 0.5) is 0 Å². The van der Waals surface area contributed by atoms with Crippen molar-refractivity contribution in [2.45, 2.75) is 199 Å². The summed E-state index contributed by atoms with van der Waals surface area (Å²) < 4.78 is 23.2. The second-order valence-corrected chi connectivity index (χ2v) is 17.8. The molecule has 3 atom stereocenters. The summed E-state index contributed by atoms with van der Waals surface area (Å²) in [5, 5.41) is 13.7. The molecule has 322 valence electrons. The van der Waals surface area contributed by atoms with Crippen LogP contribution in [0.15, 0.2) is 48.6 Å². The van der Waals surface area contributed by atoms with E-state index in [9.17, 15) is 19.4 Å². The quantitative estimate of drug-likeness (QED) is 0.0277. The summed E-state index contributed by atoms with van der Waals surface area (Å²) >= 11 is 0. The van der Waals surface area contributed by atoms with Crippen molar-refractivity contribution in [3.8, 4) is 0 Å². The molecule has 2 N–H and O–H groups in total. The van der Waals surface area contributed by atoms with Crippen LogP contribution in [-0.4, -0.2) is 68.5 Å². The third kappa shape index (κ3) is 40.5. The first-order valence-electron chi connectivity index (χ1n) is 22.5. The van der Waals surface area contributed by atoms with Crippen molar-refractivity contribution in [3.63, 3.8) is 0 Å². The molecule has 55 heavy (non-hydrogen) atoms. The molecule has 0 fully saturated rings. The van der Waals surface area contributed by atoms with Gasteiger partial charge in [-0.05, 0) is 70.6 Å². The maximum atomic E-state index is 12.8. The minimum Gasteiger partial charge on any atom is -0.756 e. The van der Waals surface area contributed by atoms with E-state index in [1.165, 1.54) is 103 Å². The van der Waals surface area contributed by atoms with Gasteiger partial charge in [-0.2, -0.15) is 0 Å². The van der Waals surface area contributed by atoms with Crippen molar-refractivity contribution in [2.75, 3.05) is 40.9 Å². The van der Waals surface area contributed by atoms with Crippen LogP contribution >= 0.6 is 7.82 Å². The van der Waals surface area contributed by atoms with Gasteiger partial charge in [0.1, 0.15) is 13.2 Å². The van der Waals surface area contributed by atoms with Gasteiger partial charge < -0.3 is 28.8 Å². The second-order valence-electron chi connectivity index (χ2n) is 16.4. The SMILES string of the molecule is CCCCCCCCC/C=C\CCCCCCCC(=O)NC(COP(=O)([O-])OCC[N+](C)(C)C)C(O)/C=C/CC/C=C/CC/C=C/CCCCCCCCC. The molecule has 0 saturated carbocycles. The monoisotopic (exact) mass is 795 g/mol. The number of likely N-dealkylation sites (N-methyl/N-ethyl adjacent to an activating group) is 1. The van der Waals surface area contributed by atoms with Crippen LogP contribution in [0, 0.1) is 0 Å². The summed E-state index contributed by atoms with van der Waals surface area (Å²) in [6.45, 7) is 4.59. The largest absolute Gasteiger partial charge is 0.756 e. The number of phosphoric acid groups is 1. The molecule has 9 heteroatoms. The topological polar surface area (TPSA) is 108 Å². The number of amides is 1. The Hall–Kier alpha value is -1.54. The van der Waals surface area contributed by atoms with E-state index in [1.54, 1.807) is 6.08 Å². The average molecular weight is 795 g/mol. The van der Waals surface area contributed by atoms with E-state index in [4.69, 9.17) is 9.05 Å². The van der Waals surface area contributed by atoms with Gasteiger partial charge in [0.05, 0.1) is 39.9 Å². The maximum absolute atomic E-state index is 12.8. The molecule has 0 aliphatic carbocycles. The molecule has 1 amide bonds. The minimum atomic E-state index is -4.60. The maximum Gasteiger partial charge on any atom is 0.268 e. The fourth-order valence-electron chi connectivity index (χ4n) is 6.12. The molecule has 0 rings (SSSR count). The summed E-state index contributed by atoms with van der Waals surface area (Å²) in [5.74, 6) is -0.222. The molecule has 0 heterocycles. The van der Waals surface area contributed by atoms with Gasteiger partial charge in [-0.1, -0.05) is 159 Å². The number of aliphatic hydroxyl groups is 1. The highest BCUT2D eigenvalue weighted by Crippen LogP contribution is 2.38. The first-order chi connectivity index (χ1) is 26.5. The number of rotatable bonds is 40. The highest BCUT2D eigenvalue weighted by atomic mass is 31.2. The Morgan fingerprint density at radius 1 is 0.618 bits per heavy atom. The van der Waals surface area contributed by atoms with Crippen molar-refractivity contribution in [1.82, 2.24) is 5.32 Å². The van der Waals surface area contributed by atoms with Gasteiger partial charge in [-0.25, -0.2) is 0 Å². The number of nitrogens with zero attached hydrogens (tertiary/aromatic N) is 1. The van der Waals surface area contributed by atoms with Crippen molar-refractivity contribution < 1.29 is 32.9 Å². The number of hydrogen-bond donors (Lipinski definition) is 2. The van der Waals surface area contributed by atoms with Crippen LogP contribution in [0.1, 0.15) is 187 Å². The number of carbonyl (C=O) groups excluding carboxylic acids is 1. The third-order valence-electron chi connectivity index (χ3n) is 9.74. The van der Waals surface area contributed by atoms with Gasteiger partial charge in [0, 0.05) is 6.42 Å². The van der Waals surface area contributed by atoms with Crippen LogP contribution in [0.25, 0.3) is 0 Å². The molecule has 0 aromatic heterocycles. The summed E-state index contributed by atoms with van der Waals surface area (Å²) in [4.78, 5) is 25.3. The predicted molar refractivity (Wildman–Crippen MR) is 233 cm³/mol. The summed E-state index contributed by atoms with van der Waals surface area (Å²) in [6.07, 6.45) is 47.3.